The van der Waals surface area contributed by atoms with Crippen LogP contribution in [0, 0.1) is 11.6 Å². The zero-order chi connectivity index (χ0) is 17.5. The highest BCUT2D eigenvalue weighted by molar-refractivity contribution is 5.69. The molecule has 0 atom stereocenters. The first kappa shape index (κ1) is 16.2. The molecule has 0 bridgehead atoms. The molecule has 0 fully saturated rings. The van der Waals surface area contributed by atoms with Gasteiger partial charge < -0.3 is 0 Å². The van der Waals surface area contributed by atoms with Gasteiger partial charge in [-0.05, 0) is 30.3 Å². The van der Waals surface area contributed by atoms with Crippen LogP contribution < -0.4 is 0 Å². The van der Waals surface area contributed by atoms with E-state index in [1.165, 1.54) is 22.9 Å². The second-order valence-electron chi connectivity index (χ2n) is 5.24. The van der Waals surface area contributed by atoms with Crippen LogP contribution in [0.2, 0.25) is 0 Å². The number of nitrogens with zero attached hydrogens (tertiary/aromatic N) is 2. The summed E-state index contributed by atoms with van der Waals surface area (Å²) in [7, 11) is 1.58. The Labute approximate surface area is 134 Å². The van der Waals surface area contributed by atoms with E-state index >= 15 is 0 Å². The van der Waals surface area contributed by atoms with E-state index in [0.29, 0.717) is 17.0 Å². The fourth-order valence-corrected chi connectivity index (χ4v) is 2.39. The Hall–Kier alpha value is -2.70. The highest BCUT2D eigenvalue weighted by Gasteiger charge is 2.30. The first-order chi connectivity index (χ1) is 11.3. The highest BCUT2D eigenvalue weighted by atomic mass is 19.4. The average Bonchev–Trinajstić information content (AvgIpc) is 2.88. The van der Waals surface area contributed by atoms with Gasteiger partial charge in [-0.15, -0.1) is 0 Å². The standard InChI is InChI=1S/C17H11F5N2/c1-24-16(13-7-6-12(18)8-14(13)19)9-15(23-24)10-2-4-11(5-3-10)17(20,21)22/h2-9H,1H3. The number of halogens is 5. The van der Waals surface area contributed by atoms with E-state index in [1.54, 1.807) is 13.1 Å². The molecule has 3 aromatic rings. The number of aryl methyl sites for hydroxylation is 1. The molecule has 2 nitrogen and oxygen atoms in total. The molecule has 2 aromatic carbocycles. The molecule has 0 saturated heterocycles. The van der Waals surface area contributed by atoms with Gasteiger partial charge in [0.2, 0.25) is 0 Å². The van der Waals surface area contributed by atoms with E-state index in [1.807, 2.05) is 0 Å². The lowest BCUT2D eigenvalue weighted by molar-refractivity contribution is -0.137. The van der Waals surface area contributed by atoms with Crippen molar-refractivity contribution in [2.24, 2.45) is 7.05 Å². The summed E-state index contributed by atoms with van der Waals surface area (Å²) >= 11 is 0. The predicted octanol–water partition coefficient (Wildman–Crippen LogP) is 5.05. The number of hydrogen-bond donors (Lipinski definition) is 0. The number of benzene rings is 2. The summed E-state index contributed by atoms with van der Waals surface area (Å²) in [6, 6.07) is 9.25. The number of alkyl halides is 3. The Kier molecular flexibility index (Phi) is 3.87. The average molecular weight is 338 g/mol. The quantitative estimate of drug-likeness (QED) is 0.598. The number of aromatic nitrogens is 2. The molecular formula is C17H11F5N2. The number of hydrogen-bond acceptors (Lipinski definition) is 1. The maximum Gasteiger partial charge on any atom is 0.416 e. The van der Waals surface area contributed by atoms with Crippen LogP contribution in [0.1, 0.15) is 5.56 Å². The summed E-state index contributed by atoms with van der Waals surface area (Å²) in [5.41, 5.74) is 0.649. The molecule has 0 aliphatic heterocycles. The zero-order valence-corrected chi connectivity index (χ0v) is 12.4. The zero-order valence-electron chi connectivity index (χ0n) is 12.4. The molecule has 0 unspecified atom stereocenters. The molecule has 0 aliphatic carbocycles. The molecule has 0 N–H and O–H groups in total. The van der Waals surface area contributed by atoms with Gasteiger partial charge >= 0.3 is 6.18 Å². The molecule has 0 aliphatic rings. The molecule has 1 aromatic heterocycles. The lowest BCUT2D eigenvalue weighted by atomic mass is 10.1. The molecule has 124 valence electrons. The monoisotopic (exact) mass is 338 g/mol. The maximum absolute atomic E-state index is 13.9. The van der Waals surface area contributed by atoms with Crippen LogP contribution in [0.25, 0.3) is 22.5 Å². The van der Waals surface area contributed by atoms with Gasteiger partial charge in [-0.3, -0.25) is 4.68 Å². The normalized spacial score (nSPS) is 11.8. The molecule has 0 radical (unpaired) electrons. The van der Waals surface area contributed by atoms with Crippen molar-refractivity contribution in [3.05, 3.63) is 65.7 Å². The van der Waals surface area contributed by atoms with Gasteiger partial charge in [0.05, 0.1) is 17.0 Å². The summed E-state index contributed by atoms with van der Waals surface area (Å²) < 4.78 is 66.1. The van der Waals surface area contributed by atoms with Crippen LogP contribution in [-0.4, -0.2) is 9.78 Å². The molecular weight excluding hydrogens is 327 g/mol. The van der Waals surface area contributed by atoms with E-state index in [0.717, 1.165) is 24.3 Å². The molecule has 0 spiro atoms. The van der Waals surface area contributed by atoms with Gasteiger partial charge in [0, 0.05) is 24.2 Å². The molecule has 3 rings (SSSR count). The SMILES string of the molecule is Cn1nc(-c2ccc(C(F)(F)F)cc2)cc1-c1ccc(F)cc1F. The topological polar surface area (TPSA) is 17.8 Å². The van der Waals surface area contributed by atoms with Crippen LogP contribution in [0.4, 0.5) is 22.0 Å². The summed E-state index contributed by atoms with van der Waals surface area (Å²) in [5, 5.41) is 4.19. The summed E-state index contributed by atoms with van der Waals surface area (Å²) in [6.07, 6.45) is -4.41. The lowest BCUT2D eigenvalue weighted by Crippen LogP contribution is -2.04. The predicted molar refractivity (Wildman–Crippen MR) is 79.0 cm³/mol. The van der Waals surface area contributed by atoms with Gasteiger partial charge in [-0.25, -0.2) is 8.78 Å². The molecule has 0 amide bonds. The minimum absolute atomic E-state index is 0.157. The third-order valence-corrected chi connectivity index (χ3v) is 3.59. The fraction of sp³-hybridized carbons (Fsp3) is 0.118. The Morgan fingerprint density at radius 1 is 0.917 bits per heavy atom. The van der Waals surface area contributed by atoms with Crippen molar-refractivity contribution in [3.63, 3.8) is 0 Å². The van der Waals surface area contributed by atoms with Gasteiger partial charge in [-0.1, -0.05) is 12.1 Å². The van der Waals surface area contributed by atoms with Crippen LogP contribution in [0.5, 0.6) is 0 Å². The first-order valence-corrected chi connectivity index (χ1v) is 6.93. The van der Waals surface area contributed by atoms with E-state index < -0.39 is 23.4 Å². The van der Waals surface area contributed by atoms with Crippen molar-refractivity contribution in [2.75, 3.05) is 0 Å². The summed E-state index contributed by atoms with van der Waals surface area (Å²) in [6.45, 7) is 0. The third-order valence-electron chi connectivity index (χ3n) is 3.59. The van der Waals surface area contributed by atoms with Crippen molar-refractivity contribution >= 4 is 0 Å². The van der Waals surface area contributed by atoms with Crippen LogP contribution in [0.3, 0.4) is 0 Å². The van der Waals surface area contributed by atoms with Crippen molar-refractivity contribution in [2.45, 2.75) is 6.18 Å². The lowest BCUT2D eigenvalue weighted by Gasteiger charge is -2.06. The Balaban J connectivity index is 2.00. The van der Waals surface area contributed by atoms with Crippen molar-refractivity contribution in [3.8, 4) is 22.5 Å². The van der Waals surface area contributed by atoms with E-state index in [-0.39, 0.29) is 5.56 Å². The summed E-state index contributed by atoms with van der Waals surface area (Å²) in [4.78, 5) is 0. The molecule has 0 saturated carbocycles. The molecule has 24 heavy (non-hydrogen) atoms. The third kappa shape index (κ3) is 3.02. The second-order valence-corrected chi connectivity index (χ2v) is 5.24. The Morgan fingerprint density at radius 3 is 2.17 bits per heavy atom. The Morgan fingerprint density at radius 2 is 1.58 bits per heavy atom. The van der Waals surface area contributed by atoms with Crippen molar-refractivity contribution in [1.29, 1.82) is 0 Å². The van der Waals surface area contributed by atoms with Gasteiger partial charge in [0.1, 0.15) is 11.6 Å². The van der Waals surface area contributed by atoms with Crippen molar-refractivity contribution < 1.29 is 22.0 Å². The highest BCUT2D eigenvalue weighted by Crippen LogP contribution is 2.32. The van der Waals surface area contributed by atoms with Gasteiger partial charge in [0.15, 0.2) is 0 Å². The van der Waals surface area contributed by atoms with E-state index in [9.17, 15) is 22.0 Å². The van der Waals surface area contributed by atoms with Crippen LogP contribution >= 0.6 is 0 Å². The maximum atomic E-state index is 13.9. The van der Waals surface area contributed by atoms with E-state index in [4.69, 9.17) is 0 Å². The number of rotatable bonds is 2. The summed E-state index contributed by atoms with van der Waals surface area (Å²) in [5.74, 6) is -1.43. The van der Waals surface area contributed by atoms with Gasteiger partial charge in [0.25, 0.3) is 0 Å². The second kappa shape index (κ2) is 5.74. The van der Waals surface area contributed by atoms with Crippen molar-refractivity contribution in [1.82, 2.24) is 9.78 Å². The first-order valence-electron chi connectivity index (χ1n) is 6.93. The molecule has 1 heterocycles. The van der Waals surface area contributed by atoms with Crippen LogP contribution in [0.15, 0.2) is 48.5 Å². The van der Waals surface area contributed by atoms with E-state index in [2.05, 4.69) is 5.10 Å². The van der Waals surface area contributed by atoms with Crippen LogP contribution in [-0.2, 0) is 13.2 Å². The largest absolute Gasteiger partial charge is 0.416 e. The van der Waals surface area contributed by atoms with Gasteiger partial charge in [-0.2, -0.15) is 18.3 Å². The fourth-order valence-electron chi connectivity index (χ4n) is 2.39. The molecule has 7 heteroatoms. The smallest absolute Gasteiger partial charge is 0.267 e. The Bertz CT molecular complexity index is 879. The minimum atomic E-state index is -4.41. The minimum Gasteiger partial charge on any atom is -0.267 e.